The van der Waals surface area contributed by atoms with E-state index in [0.717, 1.165) is 18.6 Å². The Labute approximate surface area is 186 Å². The van der Waals surface area contributed by atoms with Gasteiger partial charge in [0.2, 0.25) is 5.91 Å². The zero-order valence-corrected chi connectivity index (χ0v) is 19.7. The summed E-state index contributed by atoms with van der Waals surface area (Å²) >= 11 is 0. The number of hydrogen-bond donors (Lipinski definition) is 2. The lowest BCUT2D eigenvalue weighted by atomic mass is 9.75. The molecule has 1 amide bonds. The van der Waals surface area contributed by atoms with Crippen LogP contribution in [0.1, 0.15) is 46.1 Å². The zero-order chi connectivity index (χ0) is 21.7. The van der Waals surface area contributed by atoms with Crippen LogP contribution in [-0.4, -0.2) is 57.0 Å². The number of benzene rings is 1. The van der Waals surface area contributed by atoms with Crippen molar-refractivity contribution in [2.45, 2.75) is 70.1 Å². The first-order valence-electron chi connectivity index (χ1n) is 10.1. The standard InChI is InChI=1S/C21H35BN2O5.ClH/c1-20(2)21(3,4)29-22(28-20)18(24-19(25)17(23)14-26-5)9-7-8-15-10-12-16(27-6)13-11-15;/h10-13,17-18H,7-9,14,23H2,1-6H3,(H,24,25);1H. The maximum atomic E-state index is 12.5. The average molecular weight is 443 g/mol. The predicted octanol–water partition coefficient (Wildman–Crippen LogP) is 2.53. The molecule has 0 radical (unpaired) electrons. The molecule has 1 aliphatic rings. The van der Waals surface area contributed by atoms with Crippen molar-refractivity contribution < 1.29 is 23.6 Å². The van der Waals surface area contributed by atoms with E-state index in [2.05, 4.69) is 17.4 Å². The van der Waals surface area contributed by atoms with Crippen LogP contribution >= 0.6 is 12.4 Å². The Morgan fingerprint density at radius 1 is 1.13 bits per heavy atom. The molecule has 30 heavy (non-hydrogen) atoms. The Kier molecular flexibility index (Phi) is 10.1. The molecule has 2 atom stereocenters. The van der Waals surface area contributed by atoms with Crippen LogP contribution < -0.4 is 15.8 Å². The summed E-state index contributed by atoms with van der Waals surface area (Å²) in [7, 11) is 2.64. The molecular weight excluding hydrogens is 407 g/mol. The third kappa shape index (κ3) is 6.85. The molecule has 1 fully saturated rings. The Morgan fingerprint density at radius 2 is 1.70 bits per heavy atom. The lowest BCUT2D eigenvalue weighted by molar-refractivity contribution is -0.123. The number of amides is 1. The fourth-order valence-corrected chi connectivity index (χ4v) is 3.19. The van der Waals surface area contributed by atoms with E-state index in [4.69, 9.17) is 24.5 Å². The van der Waals surface area contributed by atoms with Gasteiger partial charge in [-0.25, -0.2) is 0 Å². The van der Waals surface area contributed by atoms with Gasteiger partial charge in [-0.15, -0.1) is 12.4 Å². The van der Waals surface area contributed by atoms with Crippen molar-refractivity contribution in [1.29, 1.82) is 0 Å². The van der Waals surface area contributed by atoms with E-state index >= 15 is 0 Å². The fourth-order valence-electron chi connectivity index (χ4n) is 3.19. The number of nitrogens with one attached hydrogen (secondary N) is 1. The summed E-state index contributed by atoms with van der Waals surface area (Å²) in [6.07, 6.45) is 2.44. The van der Waals surface area contributed by atoms with Crippen LogP contribution in [0.15, 0.2) is 24.3 Å². The summed E-state index contributed by atoms with van der Waals surface area (Å²) in [4.78, 5) is 12.5. The summed E-state index contributed by atoms with van der Waals surface area (Å²) in [5, 5.41) is 3.01. The summed E-state index contributed by atoms with van der Waals surface area (Å²) < 4.78 is 22.5. The number of nitrogens with two attached hydrogens (primary N) is 1. The van der Waals surface area contributed by atoms with Crippen molar-refractivity contribution in [3.05, 3.63) is 29.8 Å². The topological polar surface area (TPSA) is 92.0 Å². The van der Waals surface area contributed by atoms with Gasteiger partial charge >= 0.3 is 7.12 Å². The van der Waals surface area contributed by atoms with Crippen molar-refractivity contribution in [3.8, 4) is 5.75 Å². The second-order valence-corrected chi connectivity index (χ2v) is 8.54. The minimum Gasteiger partial charge on any atom is -0.497 e. The number of halogens is 1. The van der Waals surface area contributed by atoms with E-state index in [1.54, 1.807) is 7.11 Å². The van der Waals surface area contributed by atoms with Gasteiger partial charge in [0.25, 0.3) is 0 Å². The number of hydrogen-bond acceptors (Lipinski definition) is 6. The lowest BCUT2D eigenvalue weighted by Gasteiger charge is -2.32. The van der Waals surface area contributed by atoms with Gasteiger partial charge in [0.1, 0.15) is 11.8 Å². The Balaban J connectivity index is 0.00000450. The van der Waals surface area contributed by atoms with Crippen LogP contribution in [0.3, 0.4) is 0 Å². The molecule has 1 aromatic rings. The van der Waals surface area contributed by atoms with E-state index in [1.807, 2.05) is 39.8 Å². The second kappa shape index (κ2) is 11.3. The maximum Gasteiger partial charge on any atom is 0.481 e. The molecule has 1 aromatic carbocycles. The van der Waals surface area contributed by atoms with Gasteiger partial charge in [-0.3, -0.25) is 4.79 Å². The van der Waals surface area contributed by atoms with E-state index < -0.39 is 24.4 Å². The molecule has 0 saturated carbocycles. The molecule has 170 valence electrons. The smallest absolute Gasteiger partial charge is 0.481 e. The first kappa shape index (κ1) is 26.7. The summed E-state index contributed by atoms with van der Waals surface area (Å²) in [6, 6.07) is 7.27. The third-order valence-electron chi connectivity index (χ3n) is 5.75. The zero-order valence-electron chi connectivity index (χ0n) is 18.9. The minimum absolute atomic E-state index is 0. The Hall–Kier alpha value is -1.32. The molecular formula is C21H36BClN2O5. The number of rotatable bonds is 10. The number of methoxy groups -OCH3 is 2. The van der Waals surface area contributed by atoms with Gasteiger partial charge in [0, 0.05) is 7.11 Å². The molecule has 0 aromatic heterocycles. The van der Waals surface area contributed by atoms with Gasteiger partial charge in [0.15, 0.2) is 0 Å². The van der Waals surface area contributed by atoms with Crippen molar-refractivity contribution >= 4 is 25.4 Å². The van der Waals surface area contributed by atoms with Crippen LogP contribution in [0.2, 0.25) is 0 Å². The van der Waals surface area contributed by atoms with E-state index in [-0.39, 0.29) is 30.9 Å². The Bertz CT molecular complexity index is 656. The molecule has 0 bridgehead atoms. The highest BCUT2D eigenvalue weighted by molar-refractivity contribution is 6.48. The molecule has 2 rings (SSSR count). The molecule has 9 heteroatoms. The minimum atomic E-state index is -0.730. The first-order chi connectivity index (χ1) is 13.6. The first-order valence-corrected chi connectivity index (χ1v) is 10.1. The number of ether oxygens (including phenoxy) is 2. The fraction of sp³-hybridized carbons (Fsp3) is 0.667. The molecule has 0 aliphatic carbocycles. The van der Waals surface area contributed by atoms with E-state index in [0.29, 0.717) is 6.42 Å². The summed E-state index contributed by atoms with van der Waals surface area (Å²) in [5.41, 5.74) is 6.17. The molecule has 1 heterocycles. The highest BCUT2D eigenvalue weighted by Crippen LogP contribution is 2.38. The highest BCUT2D eigenvalue weighted by atomic mass is 35.5. The van der Waals surface area contributed by atoms with Crippen LogP contribution in [0, 0.1) is 0 Å². The van der Waals surface area contributed by atoms with Crippen molar-refractivity contribution in [3.63, 3.8) is 0 Å². The van der Waals surface area contributed by atoms with Crippen molar-refractivity contribution in [2.24, 2.45) is 5.73 Å². The van der Waals surface area contributed by atoms with Gasteiger partial charge in [-0.1, -0.05) is 12.1 Å². The van der Waals surface area contributed by atoms with Crippen LogP contribution in [0.4, 0.5) is 0 Å². The molecule has 7 nitrogen and oxygen atoms in total. The normalized spacial score (nSPS) is 19.0. The molecule has 1 saturated heterocycles. The predicted molar refractivity (Wildman–Crippen MR) is 121 cm³/mol. The number of carbonyl (C=O) groups excluding carboxylic acids is 1. The van der Waals surface area contributed by atoms with Gasteiger partial charge in [0.05, 0.1) is 30.9 Å². The quantitative estimate of drug-likeness (QED) is 0.541. The summed E-state index contributed by atoms with van der Waals surface area (Å²) in [5.74, 6) is 0.268. The van der Waals surface area contributed by atoms with Gasteiger partial charge in [-0.05, 0) is 64.7 Å². The highest BCUT2D eigenvalue weighted by Gasteiger charge is 2.54. The largest absolute Gasteiger partial charge is 0.497 e. The van der Waals surface area contributed by atoms with Gasteiger partial charge < -0.3 is 29.8 Å². The third-order valence-corrected chi connectivity index (χ3v) is 5.75. The lowest BCUT2D eigenvalue weighted by Crippen LogP contribution is -2.53. The van der Waals surface area contributed by atoms with Crippen molar-refractivity contribution in [2.75, 3.05) is 20.8 Å². The SMILES string of the molecule is COCC(N)C(=O)NC(CCCc1ccc(OC)cc1)B1OC(C)(C)C(C)(C)O1.Cl. The van der Waals surface area contributed by atoms with Crippen molar-refractivity contribution in [1.82, 2.24) is 5.32 Å². The van der Waals surface area contributed by atoms with E-state index in [9.17, 15) is 4.79 Å². The molecule has 3 N–H and O–H groups in total. The second-order valence-electron chi connectivity index (χ2n) is 8.54. The van der Waals surface area contributed by atoms with Crippen LogP contribution in [0.5, 0.6) is 5.75 Å². The molecule has 0 spiro atoms. The molecule has 1 aliphatic heterocycles. The molecule has 2 unspecified atom stereocenters. The summed E-state index contributed by atoms with van der Waals surface area (Å²) in [6.45, 7) is 8.16. The average Bonchev–Trinajstić information content (AvgIpc) is 2.88. The van der Waals surface area contributed by atoms with Gasteiger partial charge in [-0.2, -0.15) is 0 Å². The van der Waals surface area contributed by atoms with E-state index in [1.165, 1.54) is 12.7 Å². The number of carbonyl (C=O) groups is 1. The Morgan fingerprint density at radius 3 is 2.20 bits per heavy atom. The van der Waals surface area contributed by atoms with Crippen LogP contribution in [0.25, 0.3) is 0 Å². The number of aryl methyl sites for hydroxylation is 1. The maximum absolute atomic E-state index is 12.5. The monoisotopic (exact) mass is 442 g/mol. The van der Waals surface area contributed by atoms with Crippen LogP contribution in [-0.2, 0) is 25.3 Å².